The number of thioether (sulfide) groups is 1. The number of rotatable bonds is 4. The van der Waals surface area contributed by atoms with E-state index in [1.54, 1.807) is 24.3 Å². The zero-order valence-electron chi connectivity index (χ0n) is 10.0. The van der Waals surface area contributed by atoms with Gasteiger partial charge in [0.15, 0.2) is 0 Å². The number of carbonyl (C=O) groups is 2. The summed E-state index contributed by atoms with van der Waals surface area (Å²) in [6.45, 7) is 0.504. The minimum Gasteiger partial charge on any atom is -0.330 e. The topological polar surface area (TPSA) is 63.4 Å². The number of nitrogens with zero attached hydrogens (tertiary/aromatic N) is 1. The van der Waals surface area contributed by atoms with Gasteiger partial charge in [0, 0.05) is 23.7 Å². The predicted octanol–water partition coefficient (Wildman–Crippen LogP) is 2.09. The van der Waals surface area contributed by atoms with E-state index >= 15 is 0 Å². The molecule has 1 aromatic rings. The average Bonchev–Trinajstić information content (AvgIpc) is 2.63. The Morgan fingerprint density at radius 1 is 1.32 bits per heavy atom. The maximum atomic E-state index is 12.1. The van der Waals surface area contributed by atoms with Crippen LogP contribution >= 0.6 is 35.8 Å². The van der Waals surface area contributed by atoms with E-state index in [2.05, 4.69) is 0 Å². The molecule has 0 bridgehead atoms. The second-order valence-electron chi connectivity index (χ2n) is 3.90. The minimum absolute atomic E-state index is 0. The molecule has 0 aliphatic carbocycles. The number of hydrogen-bond acceptors (Lipinski definition) is 4. The Balaban J connectivity index is 0.00000180. The van der Waals surface area contributed by atoms with Crippen molar-refractivity contribution < 1.29 is 9.59 Å². The van der Waals surface area contributed by atoms with Crippen LogP contribution in [0.3, 0.4) is 0 Å². The summed E-state index contributed by atoms with van der Waals surface area (Å²) in [6.07, 6.45) is 0.242. The Kier molecular flexibility index (Phi) is 6.13. The molecule has 104 valence electrons. The first-order valence-corrected chi connectivity index (χ1v) is 7.00. The minimum atomic E-state index is -0.309. The lowest BCUT2D eigenvalue weighted by molar-refractivity contribution is -0.121. The molecule has 1 aliphatic heterocycles. The molecule has 2 rings (SSSR count). The van der Waals surface area contributed by atoms with Crippen LogP contribution in [0, 0.1) is 0 Å². The van der Waals surface area contributed by atoms with Gasteiger partial charge in [0.2, 0.25) is 11.8 Å². The molecular formula is C12H14Cl2N2O2S. The van der Waals surface area contributed by atoms with Crippen molar-refractivity contribution in [3.8, 4) is 0 Å². The lowest BCUT2D eigenvalue weighted by atomic mass is 10.3. The third kappa shape index (κ3) is 3.63. The van der Waals surface area contributed by atoms with Gasteiger partial charge in [-0.2, -0.15) is 0 Å². The predicted molar refractivity (Wildman–Crippen MR) is 81.1 cm³/mol. The van der Waals surface area contributed by atoms with Gasteiger partial charge in [-0.05, 0) is 24.3 Å². The van der Waals surface area contributed by atoms with Gasteiger partial charge < -0.3 is 5.73 Å². The van der Waals surface area contributed by atoms with E-state index in [9.17, 15) is 9.59 Å². The molecule has 1 aromatic carbocycles. The van der Waals surface area contributed by atoms with Crippen LogP contribution in [0.4, 0.5) is 5.69 Å². The Morgan fingerprint density at radius 2 is 1.95 bits per heavy atom. The van der Waals surface area contributed by atoms with Crippen molar-refractivity contribution in [1.82, 2.24) is 0 Å². The molecule has 1 fully saturated rings. The maximum absolute atomic E-state index is 12.1. The van der Waals surface area contributed by atoms with E-state index in [1.165, 1.54) is 16.7 Å². The standard InChI is InChI=1S/C12H13ClN2O2S.ClH/c13-8-1-3-9(4-2-8)15-11(16)7-10(12(15)17)18-6-5-14;/h1-4,10H,5-7,14H2;1H. The lowest BCUT2D eigenvalue weighted by Crippen LogP contribution is -2.31. The van der Waals surface area contributed by atoms with Crippen molar-refractivity contribution in [2.45, 2.75) is 11.7 Å². The third-order valence-electron chi connectivity index (χ3n) is 2.63. The van der Waals surface area contributed by atoms with E-state index in [0.29, 0.717) is 23.0 Å². The van der Waals surface area contributed by atoms with Crippen LogP contribution in [0.25, 0.3) is 0 Å². The quantitative estimate of drug-likeness (QED) is 0.863. The molecule has 19 heavy (non-hydrogen) atoms. The molecule has 2 amide bonds. The Labute approximate surface area is 127 Å². The second kappa shape index (κ2) is 7.14. The van der Waals surface area contributed by atoms with Crippen molar-refractivity contribution in [1.29, 1.82) is 0 Å². The highest BCUT2D eigenvalue weighted by molar-refractivity contribution is 8.00. The maximum Gasteiger partial charge on any atom is 0.247 e. The summed E-state index contributed by atoms with van der Waals surface area (Å²) in [5, 5.41) is 0.267. The van der Waals surface area contributed by atoms with Crippen LogP contribution in [-0.4, -0.2) is 29.4 Å². The first-order valence-electron chi connectivity index (χ1n) is 5.57. The summed E-state index contributed by atoms with van der Waals surface area (Å²) in [5.74, 6) is 0.343. The zero-order chi connectivity index (χ0) is 13.1. The first kappa shape index (κ1) is 16.3. The fourth-order valence-corrected chi connectivity index (χ4v) is 2.86. The Morgan fingerprint density at radius 3 is 2.53 bits per heavy atom. The molecule has 0 spiro atoms. The van der Waals surface area contributed by atoms with Gasteiger partial charge in [0.25, 0.3) is 0 Å². The van der Waals surface area contributed by atoms with Crippen LogP contribution in [0.1, 0.15) is 6.42 Å². The normalized spacial score (nSPS) is 18.6. The Hall–Kier alpha value is -0.750. The number of hydrogen-bond donors (Lipinski definition) is 1. The largest absolute Gasteiger partial charge is 0.330 e. The highest BCUT2D eigenvalue weighted by Crippen LogP contribution is 2.29. The molecule has 1 aliphatic rings. The molecule has 2 N–H and O–H groups in total. The van der Waals surface area contributed by atoms with E-state index < -0.39 is 0 Å². The molecule has 0 aromatic heterocycles. The van der Waals surface area contributed by atoms with Gasteiger partial charge >= 0.3 is 0 Å². The first-order chi connectivity index (χ1) is 8.63. The summed E-state index contributed by atoms with van der Waals surface area (Å²) >= 11 is 7.22. The van der Waals surface area contributed by atoms with Gasteiger partial charge in [-0.15, -0.1) is 24.2 Å². The number of amides is 2. The molecule has 7 heteroatoms. The molecular weight excluding hydrogens is 307 g/mol. The van der Waals surface area contributed by atoms with Crippen molar-refractivity contribution in [2.75, 3.05) is 17.2 Å². The van der Waals surface area contributed by atoms with Gasteiger partial charge in [0.05, 0.1) is 10.9 Å². The monoisotopic (exact) mass is 320 g/mol. The number of nitrogens with two attached hydrogens (primary N) is 1. The number of anilines is 1. The summed E-state index contributed by atoms with van der Waals surface area (Å²) < 4.78 is 0. The van der Waals surface area contributed by atoms with Gasteiger partial charge in [-0.3, -0.25) is 9.59 Å². The van der Waals surface area contributed by atoms with Crippen molar-refractivity contribution in [3.63, 3.8) is 0 Å². The SMILES string of the molecule is Cl.NCCSC1CC(=O)N(c2ccc(Cl)cc2)C1=O. The third-order valence-corrected chi connectivity index (χ3v) is 4.12. The van der Waals surface area contributed by atoms with Crippen LogP contribution in [0.2, 0.25) is 5.02 Å². The van der Waals surface area contributed by atoms with Gasteiger partial charge in [-0.1, -0.05) is 11.6 Å². The van der Waals surface area contributed by atoms with Crippen molar-refractivity contribution in [2.24, 2.45) is 5.73 Å². The molecule has 1 heterocycles. The van der Waals surface area contributed by atoms with E-state index in [4.69, 9.17) is 17.3 Å². The fraction of sp³-hybridized carbons (Fsp3) is 0.333. The molecule has 1 atom stereocenters. The number of halogens is 2. The fourth-order valence-electron chi connectivity index (χ4n) is 1.81. The molecule has 0 radical (unpaired) electrons. The van der Waals surface area contributed by atoms with Crippen molar-refractivity contribution >= 4 is 53.3 Å². The van der Waals surface area contributed by atoms with Crippen LogP contribution in [-0.2, 0) is 9.59 Å². The van der Waals surface area contributed by atoms with E-state index in [0.717, 1.165) is 0 Å². The summed E-state index contributed by atoms with van der Waals surface area (Å²) in [4.78, 5) is 25.2. The summed E-state index contributed by atoms with van der Waals surface area (Å²) in [5.41, 5.74) is 5.98. The van der Waals surface area contributed by atoms with Crippen molar-refractivity contribution in [3.05, 3.63) is 29.3 Å². The Bertz CT molecular complexity index is 467. The number of carbonyl (C=O) groups excluding carboxylic acids is 2. The molecule has 1 unspecified atom stereocenters. The summed E-state index contributed by atoms with van der Waals surface area (Å²) in [7, 11) is 0. The number of benzene rings is 1. The van der Waals surface area contributed by atoms with Gasteiger partial charge in [0.1, 0.15) is 0 Å². The molecule has 0 saturated carbocycles. The number of imide groups is 1. The van der Waals surface area contributed by atoms with Crippen LogP contribution in [0.5, 0.6) is 0 Å². The summed E-state index contributed by atoms with van der Waals surface area (Å²) in [6, 6.07) is 6.68. The zero-order valence-corrected chi connectivity index (χ0v) is 12.4. The molecule has 1 saturated heterocycles. The van der Waals surface area contributed by atoms with Crippen LogP contribution < -0.4 is 10.6 Å². The lowest BCUT2D eigenvalue weighted by Gasteiger charge is -2.14. The van der Waals surface area contributed by atoms with E-state index in [1.807, 2.05) is 0 Å². The van der Waals surface area contributed by atoms with Gasteiger partial charge in [-0.25, -0.2) is 4.90 Å². The highest BCUT2D eigenvalue weighted by atomic mass is 35.5. The second-order valence-corrected chi connectivity index (χ2v) is 5.64. The average molecular weight is 321 g/mol. The van der Waals surface area contributed by atoms with E-state index in [-0.39, 0.29) is 35.9 Å². The molecule has 4 nitrogen and oxygen atoms in total. The highest BCUT2D eigenvalue weighted by Gasteiger charge is 2.39. The smallest absolute Gasteiger partial charge is 0.247 e. The van der Waals surface area contributed by atoms with Crippen LogP contribution in [0.15, 0.2) is 24.3 Å².